The standard InChI is InChI=1S/C20H16ClFN2OS/c21-16-7-3-2-6-15(16)19-23-11-18(26-19)20(25)24(14-9-10-14)12-13-5-1-4-8-17(13)22/h1-8,11,14H,9-10,12H2. The first kappa shape index (κ1) is 17.2. The number of carbonyl (C=O) groups excluding carboxylic acids is 1. The molecule has 1 aliphatic carbocycles. The molecule has 4 rings (SSSR count). The second kappa shape index (κ2) is 7.17. The smallest absolute Gasteiger partial charge is 0.266 e. The lowest BCUT2D eigenvalue weighted by atomic mass is 10.2. The van der Waals surface area contributed by atoms with Crippen molar-refractivity contribution in [3.8, 4) is 10.6 Å². The van der Waals surface area contributed by atoms with Gasteiger partial charge in [0.25, 0.3) is 5.91 Å². The average molecular weight is 387 g/mol. The second-order valence-electron chi connectivity index (χ2n) is 6.27. The minimum Gasteiger partial charge on any atom is -0.330 e. The number of nitrogens with zero attached hydrogens (tertiary/aromatic N) is 2. The van der Waals surface area contributed by atoms with Crippen molar-refractivity contribution in [3.63, 3.8) is 0 Å². The summed E-state index contributed by atoms with van der Waals surface area (Å²) in [6.07, 6.45) is 3.50. The Bertz CT molecular complexity index is 954. The Balaban J connectivity index is 1.59. The summed E-state index contributed by atoms with van der Waals surface area (Å²) in [6.45, 7) is 0.273. The van der Waals surface area contributed by atoms with E-state index < -0.39 is 0 Å². The number of hydrogen-bond donors (Lipinski definition) is 0. The predicted molar refractivity (Wildman–Crippen MR) is 102 cm³/mol. The number of aromatic nitrogens is 1. The van der Waals surface area contributed by atoms with Gasteiger partial charge in [-0.15, -0.1) is 11.3 Å². The molecule has 0 atom stereocenters. The highest BCUT2D eigenvalue weighted by Crippen LogP contribution is 2.34. The summed E-state index contributed by atoms with van der Waals surface area (Å²) in [5.41, 5.74) is 1.34. The van der Waals surface area contributed by atoms with E-state index in [1.807, 2.05) is 18.2 Å². The van der Waals surface area contributed by atoms with Crippen molar-refractivity contribution in [2.24, 2.45) is 0 Å². The number of hydrogen-bond acceptors (Lipinski definition) is 3. The van der Waals surface area contributed by atoms with Crippen LogP contribution in [0.2, 0.25) is 5.02 Å². The fraction of sp³-hybridized carbons (Fsp3) is 0.200. The molecule has 6 heteroatoms. The van der Waals surface area contributed by atoms with Crippen LogP contribution in [0.5, 0.6) is 0 Å². The van der Waals surface area contributed by atoms with Crippen molar-refractivity contribution in [2.45, 2.75) is 25.4 Å². The zero-order valence-corrected chi connectivity index (χ0v) is 15.4. The van der Waals surface area contributed by atoms with Crippen LogP contribution in [0.1, 0.15) is 28.1 Å². The fourth-order valence-corrected chi connectivity index (χ4v) is 4.03. The quantitative estimate of drug-likeness (QED) is 0.587. The number of carbonyl (C=O) groups is 1. The molecule has 1 aromatic heterocycles. The van der Waals surface area contributed by atoms with E-state index in [1.54, 1.807) is 35.4 Å². The van der Waals surface area contributed by atoms with Crippen molar-refractivity contribution in [3.05, 3.63) is 76.0 Å². The van der Waals surface area contributed by atoms with Crippen LogP contribution < -0.4 is 0 Å². The summed E-state index contributed by atoms with van der Waals surface area (Å²) in [5.74, 6) is -0.390. The molecule has 0 aliphatic heterocycles. The van der Waals surface area contributed by atoms with Gasteiger partial charge in [0, 0.05) is 23.7 Å². The third-order valence-electron chi connectivity index (χ3n) is 4.37. The molecule has 0 unspecified atom stereocenters. The van der Waals surface area contributed by atoms with E-state index in [2.05, 4.69) is 4.98 Å². The SMILES string of the molecule is O=C(c1cnc(-c2ccccc2Cl)s1)N(Cc1ccccc1F)C1CC1. The third kappa shape index (κ3) is 3.50. The van der Waals surface area contributed by atoms with Crippen molar-refractivity contribution >= 4 is 28.8 Å². The Labute approximate surface area is 160 Å². The molecule has 0 saturated heterocycles. The molecule has 1 aliphatic rings. The summed E-state index contributed by atoms with van der Waals surface area (Å²) >= 11 is 7.54. The number of rotatable bonds is 5. The molecule has 2 aromatic carbocycles. The predicted octanol–water partition coefficient (Wildman–Crippen LogP) is 5.41. The monoisotopic (exact) mass is 386 g/mol. The van der Waals surface area contributed by atoms with Gasteiger partial charge in [-0.3, -0.25) is 4.79 Å². The van der Waals surface area contributed by atoms with Crippen molar-refractivity contribution in [2.75, 3.05) is 0 Å². The van der Waals surface area contributed by atoms with Crippen LogP contribution in [0.25, 0.3) is 10.6 Å². The molecular weight excluding hydrogens is 371 g/mol. The highest BCUT2D eigenvalue weighted by molar-refractivity contribution is 7.17. The van der Waals surface area contributed by atoms with Gasteiger partial charge in [0.1, 0.15) is 15.7 Å². The fourth-order valence-electron chi connectivity index (χ4n) is 2.84. The largest absolute Gasteiger partial charge is 0.330 e. The maximum Gasteiger partial charge on any atom is 0.266 e. The molecule has 0 radical (unpaired) electrons. The number of thiazole rings is 1. The Morgan fingerprint density at radius 3 is 2.65 bits per heavy atom. The summed E-state index contributed by atoms with van der Waals surface area (Å²) in [4.78, 5) is 19.7. The van der Waals surface area contributed by atoms with Gasteiger partial charge in [0.15, 0.2) is 0 Å². The number of halogens is 2. The third-order valence-corrected chi connectivity index (χ3v) is 5.72. The van der Waals surface area contributed by atoms with E-state index in [0.717, 1.165) is 18.4 Å². The maximum atomic E-state index is 14.0. The zero-order chi connectivity index (χ0) is 18.1. The summed E-state index contributed by atoms with van der Waals surface area (Å²) < 4.78 is 14.0. The average Bonchev–Trinajstić information content (AvgIpc) is 3.37. The van der Waals surface area contributed by atoms with Crippen LogP contribution in [-0.2, 0) is 6.54 Å². The molecular formula is C20H16ClFN2OS. The van der Waals surface area contributed by atoms with Gasteiger partial charge >= 0.3 is 0 Å². The van der Waals surface area contributed by atoms with Crippen LogP contribution in [-0.4, -0.2) is 21.8 Å². The van der Waals surface area contributed by atoms with E-state index in [1.165, 1.54) is 17.4 Å². The first-order valence-corrected chi connectivity index (χ1v) is 9.58. The molecule has 3 nitrogen and oxygen atoms in total. The summed E-state index contributed by atoms with van der Waals surface area (Å²) in [6, 6.07) is 14.2. The minimum atomic E-state index is -0.285. The summed E-state index contributed by atoms with van der Waals surface area (Å²) in [7, 11) is 0. The van der Waals surface area contributed by atoms with Crippen LogP contribution in [0.3, 0.4) is 0 Å². The normalized spacial score (nSPS) is 13.6. The Morgan fingerprint density at radius 2 is 1.92 bits per heavy atom. The maximum absolute atomic E-state index is 14.0. The van der Waals surface area contributed by atoms with E-state index in [9.17, 15) is 9.18 Å². The van der Waals surface area contributed by atoms with Gasteiger partial charge in [-0.2, -0.15) is 0 Å². The van der Waals surface area contributed by atoms with Gasteiger partial charge in [0.05, 0.1) is 11.2 Å². The van der Waals surface area contributed by atoms with Crippen molar-refractivity contribution in [1.82, 2.24) is 9.88 Å². The Hall–Kier alpha value is -2.24. The minimum absolute atomic E-state index is 0.105. The molecule has 132 valence electrons. The highest BCUT2D eigenvalue weighted by Gasteiger charge is 2.34. The molecule has 1 fully saturated rings. The van der Waals surface area contributed by atoms with E-state index in [-0.39, 0.29) is 24.3 Å². The van der Waals surface area contributed by atoms with Crippen molar-refractivity contribution in [1.29, 1.82) is 0 Å². The van der Waals surface area contributed by atoms with Gasteiger partial charge in [0.2, 0.25) is 0 Å². The van der Waals surface area contributed by atoms with E-state index in [4.69, 9.17) is 11.6 Å². The molecule has 0 spiro atoms. The molecule has 1 amide bonds. The van der Waals surface area contributed by atoms with Gasteiger partial charge in [-0.05, 0) is 25.0 Å². The Morgan fingerprint density at radius 1 is 1.19 bits per heavy atom. The van der Waals surface area contributed by atoms with Crippen LogP contribution >= 0.6 is 22.9 Å². The summed E-state index contributed by atoms with van der Waals surface area (Å²) in [5, 5.41) is 1.31. The second-order valence-corrected chi connectivity index (χ2v) is 7.70. The highest BCUT2D eigenvalue weighted by atomic mass is 35.5. The number of amides is 1. The lowest BCUT2D eigenvalue weighted by molar-refractivity contribution is 0.0733. The van der Waals surface area contributed by atoms with Gasteiger partial charge in [-0.25, -0.2) is 9.37 Å². The zero-order valence-electron chi connectivity index (χ0n) is 13.9. The van der Waals surface area contributed by atoms with Crippen molar-refractivity contribution < 1.29 is 9.18 Å². The molecule has 0 bridgehead atoms. The van der Waals surface area contributed by atoms with Gasteiger partial charge in [-0.1, -0.05) is 48.0 Å². The molecule has 1 heterocycles. The van der Waals surface area contributed by atoms with E-state index in [0.29, 0.717) is 20.5 Å². The topological polar surface area (TPSA) is 33.2 Å². The van der Waals surface area contributed by atoms with E-state index >= 15 is 0 Å². The molecule has 1 saturated carbocycles. The molecule has 0 N–H and O–H groups in total. The van der Waals surface area contributed by atoms with Gasteiger partial charge < -0.3 is 4.90 Å². The van der Waals surface area contributed by atoms with Crippen LogP contribution in [0.4, 0.5) is 4.39 Å². The number of benzene rings is 2. The first-order valence-electron chi connectivity index (χ1n) is 8.38. The lowest BCUT2D eigenvalue weighted by Gasteiger charge is -2.22. The molecule has 3 aromatic rings. The van der Waals surface area contributed by atoms with Crippen LogP contribution in [0, 0.1) is 5.82 Å². The lowest BCUT2D eigenvalue weighted by Crippen LogP contribution is -2.32. The molecule has 26 heavy (non-hydrogen) atoms. The Kier molecular flexibility index (Phi) is 4.74. The first-order chi connectivity index (χ1) is 12.6. The van der Waals surface area contributed by atoms with Crippen LogP contribution in [0.15, 0.2) is 54.7 Å².